The number of carbonyl (C=O) groups excluding carboxylic acids is 1. The molecular formula is C9H16FNO2. The zero-order valence-corrected chi connectivity index (χ0v) is 8.48. The number of halogens is 1. The van der Waals surface area contributed by atoms with Gasteiger partial charge in [0.1, 0.15) is 5.60 Å². The van der Waals surface area contributed by atoms with Crippen LogP contribution in [0.3, 0.4) is 0 Å². The number of rotatable bonds is 2. The summed E-state index contributed by atoms with van der Waals surface area (Å²) < 4.78 is 17.1. The Labute approximate surface area is 78.0 Å². The summed E-state index contributed by atoms with van der Waals surface area (Å²) in [6.45, 7) is 6.77. The molecule has 0 aliphatic carbocycles. The van der Waals surface area contributed by atoms with Crippen LogP contribution in [0.2, 0.25) is 0 Å². The molecule has 0 aliphatic rings. The molecule has 0 unspecified atom stereocenters. The fourth-order valence-electron chi connectivity index (χ4n) is 0.589. The molecule has 1 N–H and O–H groups in total. The van der Waals surface area contributed by atoms with Crippen LogP contribution in [0.15, 0.2) is 11.9 Å². The second-order valence-electron chi connectivity index (χ2n) is 3.67. The maximum atomic E-state index is 12.2. The van der Waals surface area contributed by atoms with E-state index in [9.17, 15) is 9.18 Å². The van der Waals surface area contributed by atoms with Crippen LogP contribution in [0.25, 0.3) is 0 Å². The minimum atomic E-state index is -0.537. The highest BCUT2D eigenvalue weighted by molar-refractivity contribution is 5.67. The topological polar surface area (TPSA) is 38.3 Å². The van der Waals surface area contributed by atoms with Crippen molar-refractivity contribution >= 4 is 6.09 Å². The van der Waals surface area contributed by atoms with Gasteiger partial charge in [0.15, 0.2) is 0 Å². The molecular weight excluding hydrogens is 173 g/mol. The summed E-state index contributed by atoms with van der Waals surface area (Å²) in [5, 5.41) is 2.39. The molecule has 0 aromatic carbocycles. The average Bonchev–Trinajstić information content (AvgIpc) is 1.81. The van der Waals surface area contributed by atoms with Crippen molar-refractivity contribution in [3.05, 3.63) is 11.9 Å². The molecule has 0 bridgehead atoms. The first-order valence-corrected chi connectivity index (χ1v) is 4.10. The maximum Gasteiger partial charge on any atom is 0.407 e. The summed E-state index contributed by atoms with van der Waals surface area (Å²) in [7, 11) is 0. The summed E-state index contributed by atoms with van der Waals surface area (Å²) in [6.07, 6.45) is 0.731. The Bertz CT molecular complexity index is 202. The SMILES string of the molecule is CC(F)=CCNC(=O)OC(C)(C)C. The number of amides is 1. The van der Waals surface area contributed by atoms with Crippen LogP contribution in [-0.4, -0.2) is 18.2 Å². The van der Waals surface area contributed by atoms with Crippen molar-refractivity contribution in [2.45, 2.75) is 33.3 Å². The lowest BCUT2D eigenvalue weighted by molar-refractivity contribution is 0.0534. The molecule has 0 spiro atoms. The van der Waals surface area contributed by atoms with Gasteiger partial charge in [-0.15, -0.1) is 0 Å². The number of carbonyl (C=O) groups is 1. The van der Waals surface area contributed by atoms with Crippen LogP contribution >= 0.6 is 0 Å². The first-order valence-electron chi connectivity index (χ1n) is 4.10. The summed E-state index contributed by atoms with van der Waals surface area (Å²) in [5.41, 5.74) is -0.515. The smallest absolute Gasteiger partial charge is 0.407 e. The van der Waals surface area contributed by atoms with Crippen LogP contribution in [0, 0.1) is 0 Å². The lowest BCUT2D eigenvalue weighted by Crippen LogP contribution is -2.32. The number of hydrogen-bond acceptors (Lipinski definition) is 2. The van der Waals surface area contributed by atoms with Gasteiger partial charge in [-0.05, 0) is 33.8 Å². The van der Waals surface area contributed by atoms with Gasteiger partial charge in [0.2, 0.25) is 0 Å². The van der Waals surface area contributed by atoms with Crippen molar-refractivity contribution in [1.82, 2.24) is 5.32 Å². The van der Waals surface area contributed by atoms with E-state index in [1.807, 2.05) is 0 Å². The van der Waals surface area contributed by atoms with E-state index in [1.165, 1.54) is 13.0 Å². The fraction of sp³-hybridized carbons (Fsp3) is 0.667. The van der Waals surface area contributed by atoms with E-state index in [0.29, 0.717) is 0 Å². The van der Waals surface area contributed by atoms with Crippen molar-refractivity contribution in [3.8, 4) is 0 Å². The molecule has 0 heterocycles. The van der Waals surface area contributed by atoms with Gasteiger partial charge in [0.25, 0.3) is 0 Å². The van der Waals surface area contributed by atoms with Crippen molar-refractivity contribution in [2.75, 3.05) is 6.54 Å². The molecule has 76 valence electrons. The highest BCUT2D eigenvalue weighted by atomic mass is 19.1. The predicted octanol–water partition coefficient (Wildman–Crippen LogP) is 2.38. The second kappa shape index (κ2) is 4.84. The van der Waals surface area contributed by atoms with Crippen LogP contribution < -0.4 is 5.32 Å². The standard InChI is InChI=1S/C9H16FNO2/c1-7(10)5-6-11-8(12)13-9(2,3)4/h5H,6H2,1-4H3,(H,11,12). The molecule has 13 heavy (non-hydrogen) atoms. The Kier molecular flexibility index (Phi) is 4.45. The van der Waals surface area contributed by atoms with Gasteiger partial charge >= 0.3 is 6.09 Å². The van der Waals surface area contributed by atoms with E-state index >= 15 is 0 Å². The molecule has 0 saturated heterocycles. The summed E-state index contributed by atoms with van der Waals surface area (Å²) in [4.78, 5) is 11.0. The monoisotopic (exact) mass is 189 g/mol. The molecule has 1 amide bonds. The van der Waals surface area contributed by atoms with E-state index in [-0.39, 0.29) is 12.4 Å². The van der Waals surface area contributed by atoms with E-state index in [2.05, 4.69) is 5.32 Å². The Hall–Kier alpha value is -1.06. The summed E-state index contributed by atoms with van der Waals surface area (Å²) in [5.74, 6) is -0.323. The molecule has 4 heteroatoms. The van der Waals surface area contributed by atoms with Gasteiger partial charge in [-0.25, -0.2) is 9.18 Å². The molecule has 0 aromatic rings. The van der Waals surface area contributed by atoms with Crippen LogP contribution in [-0.2, 0) is 4.74 Å². The van der Waals surface area contributed by atoms with E-state index in [0.717, 1.165) is 0 Å². The lowest BCUT2D eigenvalue weighted by Gasteiger charge is -2.19. The molecule has 0 atom stereocenters. The maximum absolute atomic E-state index is 12.2. The van der Waals surface area contributed by atoms with E-state index < -0.39 is 11.7 Å². The Morgan fingerprint density at radius 3 is 2.46 bits per heavy atom. The van der Waals surface area contributed by atoms with E-state index in [4.69, 9.17) is 4.74 Å². The molecule has 0 aromatic heterocycles. The Morgan fingerprint density at radius 2 is 2.08 bits per heavy atom. The fourth-order valence-corrected chi connectivity index (χ4v) is 0.589. The van der Waals surface area contributed by atoms with Gasteiger partial charge in [0.05, 0.1) is 5.83 Å². The van der Waals surface area contributed by atoms with Gasteiger partial charge in [0, 0.05) is 6.54 Å². The molecule has 3 nitrogen and oxygen atoms in total. The zero-order chi connectivity index (χ0) is 10.5. The largest absolute Gasteiger partial charge is 0.444 e. The quantitative estimate of drug-likeness (QED) is 0.724. The number of nitrogens with one attached hydrogen (secondary N) is 1. The zero-order valence-electron chi connectivity index (χ0n) is 8.48. The molecule has 0 fully saturated rings. The Morgan fingerprint density at radius 1 is 1.54 bits per heavy atom. The van der Waals surface area contributed by atoms with Crippen LogP contribution in [0.4, 0.5) is 9.18 Å². The normalized spacial score (nSPS) is 12.5. The number of alkyl carbamates (subject to hydrolysis) is 1. The van der Waals surface area contributed by atoms with Crippen molar-refractivity contribution in [3.63, 3.8) is 0 Å². The van der Waals surface area contributed by atoms with Gasteiger partial charge in [-0.2, -0.15) is 0 Å². The number of ether oxygens (including phenoxy) is 1. The van der Waals surface area contributed by atoms with Crippen molar-refractivity contribution < 1.29 is 13.9 Å². The lowest BCUT2D eigenvalue weighted by atomic mass is 10.2. The van der Waals surface area contributed by atoms with E-state index in [1.54, 1.807) is 20.8 Å². The molecule has 0 aliphatic heterocycles. The minimum absolute atomic E-state index is 0.150. The van der Waals surface area contributed by atoms with Gasteiger partial charge < -0.3 is 10.1 Å². The van der Waals surface area contributed by atoms with Crippen molar-refractivity contribution in [2.24, 2.45) is 0 Å². The number of allylic oxidation sites excluding steroid dienone is 1. The second-order valence-corrected chi connectivity index (χ2v) is 3.67. The highest BCUT2D eigenvalue weighted by Crippen LogP contribution is 2.06. The van der Waals surface area contributed by atoms with Crippen molar-refractivity contribution in [1.29, 1.82) is 0 Å². The minimum Gasteiger partial charge on any atom is -0.444 e. The third-order valence-electron chi connectivity index (χ3n) is 1.03. The highest BCUT2D eigenvalue weighted by Gasteiger charge is 2.14. The summed E-state index contributed by atoms with van der Waals surface area (Å²) in [6, 6.07) is 0. The summed E-state index contributed by atoms with van der Waals surface area (Å²) >= 11 is 0. The molecule has 0 saturated carbocycles. The third-order valence-corrected chi connectivity index (χ3v) is 1.03. The Balaban J connectivity index is 3.71. The first kappa shape index (κ1) is 11.9. The predicted molar refractivity (Wildman–Crippen MR) is 49.1 cm³/mol. The number of hydrogen-bond donors (Lipinski definition) is 1. The third kappa shape index (κ3) is 8.85. The van der Waals surface area contributed by atoms with Gasteiger partial charge in [-0.3, -0.25) is 0 Å². The molecule has 0 rings (SSSR count). The van der Waals surface area contributed by atoms with Gasteiger partial charge in [-0.1, -0.05) is 0 Å². The van der Waals surface area contributed by atoms with Crippen LogP contribution in [0.1, 0.15) is 27.7 Å². The first-order chi connectivity index (χ1) is 5.81. The molecule has 0 radical (unpaired) electrons. The average molecular weight is 189 g/mol. The van der Waals surface area contributed by atoms with Crippen LogP contribution in [0.5, 0.6) is 0 Å².